The van der Waals surface area contributed by atoms with Crippen molar-refractivity contribution in [1.82, 2.24) is 5.32 Å². The number of methoxy groups -OCH3 is 1. The minimum absolute atomic E-state index is 0.112. The average Bonchev–Trinajstić information content (AvgIpc) is 2.86. The van der Waals surface area contributed by atoms with E-state index in [0.29, 0.717) is 31.7 Å². The number of hydrogen-bond donors (Lipinski definition) is 1. The molecule has 21 heavy (non-hydrogen) atoms. The van der Waals surface area contributed by atoms with Crippen LogP contribution in [-0.4, -0.2) is 38.1 Å². The molecule has 1 aliphatic rings. The summed E-state index contributed by atoms with van der Waals surface area (Å²) >= 11 is 0. The van der Waals surface area contributed by atoms with Gasteiger partial charge in [-0.15, -0.1) is 0 Å². The second kappa shape index (κ2) is 7.17. The molecule has 1 saturated heterocycles. The van der Waals surface area contributed by atoms with E-state index < -0.39 is 6.04 Å². The van der Waals surface area contributed by atoms with E-state index in [0.717, 1.165) is 6.42 Å². The Morgan fingerprint density at radius 3 is 2.81 bits per heavy atom. The zero-order valence-electron chi connectivity index (χ0n) is 12.0. The molecule has 1 aromatic carbocycles. The Hall–Kier alpha value is -1.95. The molecule has 0 aromatic heterocycles. The number of hydrogen-bond acceptors (Lipinski definition) is 3. The highest BCUT2D eigenvalue weighted by Crippen LogP contribution is 2.26. The molecule has 2 amide bonds. The molecule has 114 valence electrons. The van der Waals surface area contributed by atoms with Crippen molar-refractivity contribution < 1.29 is 18.7 Å². The summed E-state index contributed by atoms with van der Waals surface area (Å²) in [5.41, 5.74) is 0.552. The molecule has 0 spiro atoms. The summed E-state index contributed by atoms with van der Waals surface area (Å²) in [7, 11) is 1.60. The molecule has 1 atom stereocenters. The van der Waals surface area contributed by atoms with Gasteiger partial charge in [-0.2, -0.15) is 0 Å². The van der Waals surface area contributed by atoms with Gasteiger partial charge in [0.05, 0.1) is 0 Å². The highest BCUT2D eigenvalue weighted by molar-refractivity contribution is 6.03. The molecule has 5 nitrogen and oxygen atoms in total. The standard InChI is InChI=1S/C15H19FN2O3/c1-21-10-2-9-17-15(20)13-7-8-14(19)18(13)12-5-3-11(16)4-6-12/h3-6,13H,2,7-10H2,1H3,(H,17,20). The maximum absolute atomic E-state index is 13.0. The van der Waals surface area contributed by atoms with Gasteiger partial charge in [0.2, 0.25) is 11.8 Å². The molecular weight excluding hydrogens is 275 g/mol. The van der Waals surface area contributed by atoms with Crippen molar-refractivity contribution in [2.24, 2.45) is 0 Å². The smallest absolute Gasteiger partial charge is 0.243 e. The van der Waals surface area contributed by atoms with Crippen molar-refractivity contribution in [3.63, 3.8) is 0 Å². The number of nitrogens with zero attached hydrogens (tertiary/aromatic N) is 1. The molecule has 0 aliphatic carbocycles. The number of nitrogens with one attached hydrogen (secondary N) is 1. The van der Waals surface area contributed by atoms with Crippen LogP contribution in [0.1, 0.15) is 19.3 Å². The van der Waals surface area contributed by atoms with Gasteiger partial charge >= 0.3 is 0 Å². The molecule has 0 saturated carbocycles. The van der Waals surface area contributed by atoms with Gasteiger partial charge in [0, 0.05) is 32.4 Å². The van der Waals surface area contributed by atoms with Crippen molar-refractivity contribution in [1.29, 1.82) is 0 Å². The largest absolute Gasteiger partial charge is 0.385 e. The van der Waals surface area contributed by atoms with Crippen LogP contribution >= 0.6 is 0 Å². The number of anilines is 1. The first-order valence-electron chi connectivity index (χ1n) is 6.97. The van der Waals surface area contributed by atoms with E-state index in [2.05, 4.69) is 5.32 Å². The Morgan fingerprint density at radius 1 is 1.43 bits per heavy atom. The van der Waals surface area contributed by atoms with E-state index in [1.807, 2.05) is 0 Å². The minimum atomic E-state index is -0.523. The zero-order chi connectivity index (χ0) is 15.2. The number of halogens is 1. The topological polar surface area (TPSA) is 58.6 Å². The van der Waals surface area contributed by atoms with Crippen molar-refractivity contribution >= 4 is 17.5 Å². The summed E-state index contributed by atoms with van der Waals surface area (Å²) < 4.78 is 17.9. The number of rotatable bonds is 6. The number of amides is 2. The van der Waals surface area contributed by atoms with Gasteiger partial charge in [-0.1, -0.05) is 0 Å². The first-order chi connectivity index (χ1) is 10.1. The lowest BCUT2D eigenvalue weighted by Gasteiger charge is -2.24. The van der Waals surface area contributed by atoms with Crippen molar-refractivity contribution in [2.75, 3.05) is 25.2 Å². The Morgan fingerprint density at radius 2 is 2.14 bits per heavy atom. The van der Waals surface area contributed by atoms with Crippen LogP contribution in [0.2, 0.25) is 0 Å². The molecule has 1 N–H and O–H groups in total. The van der Waals surface area contributed by atoms with E-state index in [1.165, 1.54) is 29.2 Å². The lowest BCUT2D eigenvalue weighted by atomic mass is 10.2. The molecule has 1 heterocycles. The summed E-state index contributed by atoms with van der Waals surface area (Å²) in [5.74, 6) is -0.661. The average molecular weight is 294 g/mol. The summed E-state index contributed by atoms with van der Waals surface area (Å²) in [6, 6.07) is 5.08. The van der Waals surface area contributed by atoms with Crippen LogP contribution in [0.25, 0.3) is 0 Å². The third-order valence-electron chi connectivity index (χ3n) is 3.44. The van der Waals surface area contributed by atoms with Crippen LogP contribution in [0.3, 0.4) is 0 Å². The molecule has 1 unspecified atom stereocenters. The predicted octanol–water partition coefficient (Wildman–Crippen LogP) is 1.47. The monoisotopic (exact) mass is 294 g/mol. The molecule has 0 radical (unpaired) electrons. The predicted molar refractivity (Wildman–Crippen MR) is 76.4 cm³/mol. The molecule has 0 bridgehead atoms. The summed E-state index contributed by atoms with van der Waals surface area (Å²) in [4.78, 5) is 25.6. The number of carbonyl (C=O) groups is 2. The van der Waals surface area contributed by atoms with E-state index in [1.54, 1.807) is 7.11 Å². The Balaban J connectivity index is 2.02. The fourth-order valence-corrected chi connectivity index (χ4v) is 2.40. The number of benzene rings is 1. The fraction of sp³-hybridized carbons (Fsp3) is 0.467. The van der Waals surface area contributed by atoms with Gasteiger partial charge in [-0.25, -0.2) is 4.39 Å². The van der Waals surface area contributed by atoms with Crippen LogP contribution in [-0.2, 0) is 14.3 Å². The third kappa shape index (κ3) is 3.78. The maximum atomic E-state index is 13.0. The SMILES string of the molecule is COCCCNC(=O)C1CCC(=O)N1c1ccc(F)cc1. The lowest BCUT2D eigenvalue weighted by molar-refractivity contribution is -0.123. The summed E-state index contributed by atoms with van der Waals surface area (Å²) in [6.45, 7) is 1.08. The second-order valence-corrected chi connectivity index (χ2v) is 4.93. The second-order valence-electron chi connectivity index (χ2n) is 4.93. The summed E-state index contributed by atoms with van der Waals surface area (Å²) in [5, 5.41) is 2.80. The van der Waals surface area contributed by atoms with Gasteiger partial charge in [-0.3, -0.25) is 14.5 Å². The van der Waals surface area contributed by atoms with Gasteiger partial charge in [0.15, 0.2) is 0 Å². The third-order valence-corrected chi connectivity index (χ3v) is 3.44. The fourth-order valence-electron chi connectivity index (χ4n) is 2.40. The van der Waals surface area contributed by atoms with E-state index in [-0.39, 0.29) is 17.6 Å². The van der Waals surface area contributed by atoms with Gasteiger partial charge in [0.25, 0.3) is 0 Å². The maximum Gasteiger partial charge on any atom is 0.243 e. The molecule has 6 heteroatoms. The Labute approximate surface area is 123 Å². The van der Waals surface area contributed by atoms with Crippen molar-refractivity contribution in [3.8, 4) is 0 Å². The first-order valence-corrected chi connectivity index (χ1v) is 6.97. The van der Waals surface area contributed by atoms with Gasteiger partial charge < -0.3 is 10.1 Å². The normalized spacial score (nSPS) is 18.1. The van der Waals surface area contributed by atoms with Crippen LogP contribution in [0.4, 0.5) is 10.1 Å². The van der Waals surface area contributed by atoms with Crippen LogP contribution in [0.15, 0.2) is 24.3 Å². The molecule has 1 aliphatic heterocycles. The van der Waals surface area contributed by atoms with E-state index in [4.69, 9.17) is 4.74 Å². The van der Waals surface area contributed by atoms with Gasteiger partial charge in [-0.05, 0) is 37.1 Å². The highest BCUT2D eigenvalue weighted by atomic mass is 19.1. The quantitative estimate of drug-likeness (QED) is 0.808. The first kappa shape index (κ1) is 15.4. The molecule has 1 aromatic rings. The molecular formula is C15H19FN2O3. The van der Waals surface area contributed by atoms with Crippen LogP contribution in [0, 0.1) is 5.82 Å². The number of carbonyl (C=O) groups excluding carboxylic acids is 2. The van der Waals surface area contributed by atoms with Crippen LogP contribution < -0.4 is 10.2 Å². The van der Waals surface area contributed by atoms with Crippen LogP contribution in [0.5, 0.6) is 0 Å². The lowest BCUT2D eigenvalue weighted by Crippen LogP contribution is -2.45. The van der Waals surface area contributed by atoms with Crippen molar-refractivity contribution in [2.45, 2.75) is 25.3 Å². The van der Waals surface area contributed by atoms with Gasteiger partial charge in [0.1, 0.15) is 11.9 Å². The Bertz CT molecular complexity index is 504. The minimum Gasteiger partial charge on any atom is -0.385 e. The summed E-state index contributed by atoms with van der Waals surface area (Å²) in [6.07, 6.45) is 1.53. The Kier molecular flexibility index (Phi) is 5.27. The molecule has 1 fully saturated rings. The highest BCUT2D eigenvalue weighted by Gasteiger charge is 2.36. The number of ether oxygens (including phenoxy) is 1. The molecule has 2 rings (SSSR count). The van der Waals surface area contributed by atoms with E-state index >= 15 is 0 Å². The zero-order valence-corrected chi connectivity index (χ0v) is 12.0. The van der Waals surface area contributed by atoms with E-state index in [9.17, 15) is 14.0 Å². The van der Waals surface area contributed by atoms with Crippen molar-refractivity contribution in [3.05, 3.63) is 30.1 Å².